The SMILES string of the molecule is Cc1csc(-c2ccc(C(=O)Nc3cc(NC(=O)Nc4ccccc4)ccc3C)cc2)n1. The minimum Gasteiger partial charge on any atom is -0.322 e. The van der Waals surface area contributed by atoms with Crippen molar-refractivity contribution >= 4 is 40.3 Å². The molecule has 0 atom stereocenters. The Morgan fingerprint density at radius 1 is 0.812 bits per heavy atom. The van der Waals surface area contributed by atoms with E-state index in [1.807, 2.05) is 55.6 Å². The van der Waals surface area contributed by atoms with Gasteiger partial charge in [-0.25, -0.2) is 9.78 Å². The van der Waals surface area contributed by atoms with Crippen molar-refractivity contribution in [1.29, 1.82) is 0 Å². The van der Waals surface area contributed by atoms with Crippen LogP contribution >= 0.6 is 11.3 Å². The van der Waals surface area contributed by atoms with Gasteiger partial charge in [-0.2, -0.15) is 0 Å². The summed E-state index contributed by atoms with van der Waals surface area (Å²) in [5.41, 5.74) is 5.30. The molecule has 1 aromatic heterocycles. The Balaban J connectivity index is 1.43. The fraction of sp³-hybridized carbons (Fsp3) is 0.0800. The predicted octanol–water partition coefficient (Wildman–Crippen LogP) is 6.32. The number of para-hydroxylation sites is 1. The third-order valence-electron chi connectivity index (χ3n) is 4.79. The van der Waals surface area contributed by atoms with Crippen LogP contribution in [0.25, 0.3) is 10.6 Å². The van der Waals surface area contributed by atoms with Crippen LogP contribution < -0.4 is 16.0 Å². The molecular formula is C25H22N4O2S. The van der Waals surface area contributed by atoms with E-state index in [0.29, 0.717) is 22.6 Å². The number of rotatable bonds is 5. The van der Waals surface area contributed by atoms with Crippen molar-refractivity contribution in [3.63, 3.8) is 0 Å². The van der Waals surface area contributed by atoms with Gasteiger partial charge >= 0.3 is 6.03 Å². The number of aromatic nitrogens is 1. The molecule has 4 aromatic rings. The predicted molar refractivity (Wildman–Crippen MR) is 131 cm³/mol. The molecule has 0 spiro atoms. The highest BCUT2D eigenvalue weighted by Crippen LogP contribution is 2.25. The van der Waals surface area contributed by atoms with Gasteiger partial charge in [0.25, 0.3) is 5.91 Å². The molecule has 6 nitrogen and oxygen atoms in total. The highest BCUT2D eigenvalue weighted by atomic mass is 32.1. The molecule has 0 aliphatic carbocycles. The van der Waals surface area contributed by atoms with Crippen molar-refractivity contribution in [3.05, 3.63) is 95.0 Å². The van der Waals surface area contributed by atoms with Gasteiger partial charge in [0.1, 0.15) is 5.01 Å². The maximum Gasteiger partial charge on any atom is 0.323 e. The number of carbonyl (C=O) groups excluding carboxylic acids is 2. The molecule has 0 fully saturated rings. The summed E-state index contributed by atoms with van der Waals surface area (Å²) in [6.07, 6.45) is 0. The molecule has 3 N–H and O–H groups in total. The van der Waals surface area contributed by atoms with Crippen LogP contribution in [0.5, 0.6) is 0 Å². The maximum atomic E-state index is 12.8. The molecular weight excluding hydrogens is 420 g/mol. The monoisotopic (exact) mass is 442 g/mol. The zero-order valence-electron chi connectivity index (χ0n) is 17.7. The van der Waals surface area contributed by atoms with Crippen molar-refractivity contribution < 1.29 is 9.59 Å². The molecule has 0 aliphatic rings. The second-order valence-electron chi connectivity index (χ2n) is 7.30. The van der Waals surface area contributed by atoms with Gasteiger partial charge < -0.3 is 16.0 Å². The zero-order valence-corrected chi connectivity index (χ0v) is 18.5. The third kappa shape index (κ3) is 5.19. The normalized spacial score (nSPS) is 10.4. The number of carbonyl (C=O) groups is 2. The van der Waals surface area contributed by atoms with Gasteiger partial charge in [0.05, 0.1) is 0 Å². The summed E-state index contributed by atoms with van der Waals surface area (Å²) in [6.45, 7) is 3.86. The zero-order chi connectivity index (χ0) is 22.5. The number of nitrogens with one attached hydrogen (secondary N) is 3. The Labute approximate surface area is 190 Å². The van der Waals surface area contributed by atoms with Gasteiger partial charge in [0, 0.05) is 39.3 Å². The summed E-state index contributed by atoms with van der Waals surface area (Å²) >= 11 is 1.58. The summed E-state index contributed by atoms with van der Waals surface area (Å²) in [5.74, 6) is -0.221. The standard InChI is InChI=1S/C25H22N4O2S/c1-16-8-13-21(28-25(31)27-20-6-4-3-5-7-20)14-22(16)29-23(30)18-9-11-19(12-10-18)24-26-17(2)15-32-24/h3-15H,1-2H3,(H,29,30)(H2,27,28,31). The minimum atomic E-state index is -0.356. The first-order valence-corrected chi connectivity index (χ1v) is 10.9. The lowest BCUT2D eigenvalue weighted by Gasteiger charge is -2.12. The summed E-state index contributed by atoms with van der Waals surface area (Å²) < 4.78 is 0. The first kappa shape index (κ1) is 21.3. The van der Waals surface area contributed by atoms with E-state index < -0.39 is 0 Å². The van der Waals surface area contributed by atoms with Crippen LogP contribution in [0.3, 0.4) is 0 Å². The van der Waals surface area contributed by atoms with Gasteiger partial charge in [-0.1, -0.05) is 36.4 Å². The minimum absolute atomic E-state index is 0.221. The third-order valence-corrected chi connectivity index (χ3v) is 5.80. The van der Waals surface area contributed by atoms with Crippen LogP contribution in [0.4, 0.5) is 21.9 Å². The number of hydrogen-bond donors (Lipinski definition) is 3. The lowest BCUT2D eigenvalue weighted by atomic mass is 10.1. The number of urea groups is 1. The first-order valence-electron chi connectivity index (χ1n) is 10.1. The van der Waals surface area contributed by atoms with Gasteiger partial charge in [-0.3, -0.25) is 4.79 Å². The number of benzene rings is 3. The molecule has 0 saturated heterocycles. The molecule has 1 heterocycles. The second kappa shape index (κ2) is 9.45. The van der Waals surface area contributed by atoms with E-state index in [2.05, 4.69) is 20.9 Å². The molecule has 0 radical (unpaired) electrons. The molecule has 3 aromatic carbocycles. The lowest BCUT2D eigenvalue weighted by molar-refractivity contribution is 0.102. The number of anilines is 3. The van der Waals surface area contributed by atoms with Crippen molar-refractivity contribution in [2.75, 3.05) is 16.0 Å². The second-order valence-corrected chi connectivity index (χ2v) is 8.16. The van der Waals surface area contributed by atoms with Crippen molar-refractivity contribution in [2.45, 2.75) is 13.8 Å². The number of hydrogen-bond acceptors (Lipinski definition) is 4. The van der Waals surface area contributed by atoms with E-state index in [1.54, 1.807) is 47.7 Å². The van der Waals surface area contributed by atoms with Gasteiger partial charge in [0.15, 0.2) is 0 Å². The molecule has 0 saturated carbocycles. The van der Waals surface area contributed by atoms with Crippen molar-refractivity contribution in [1.82, 2.24) is 4.98 Å². The lowest BCUT2D eigenvalue weighted by Crippen LogP contribution is -2.19. The van der Waals surface area contributed by atoms with E-state index in [4.69, 9.17) is 0 Å². The van der Waals surface area contributed by atoms with Crippen LogP contribution in [-0.2, 0) is 0 Å². The smallest absolute Gasteiger partial charge is 0.322 e. The first-order chi connectivity index (χ1) is 15.5. The fourth-order valence-corrected chi connectivity index (χ4v) is 3.90. The van der Waals surface area contributed by atoms with E-state index >= 15 is 0 Å². The Hall–Kier alpha value is -3.97. The van der Waals surface area contributed by atoms with Crippen molar-refractivity contribution in [3.8, 4) is 10.6 Å². The Morgan fingerprint density at radius 3 is 2.22 bits per heavy atom. The molecule has 0 unspecified atom stereocenters. The van der Waals surface area contributed by atoms with Crippen LogP contribution in [0, 0.1) is 13.8 Å². The van der Waals surface area contributed by atoms with E-state index in [-0.39, 0.29) is 11.9 Å². The number of nitrogens with zero attached hydrogens (tertiary/aromatic N) is 1. The van der Waals surface area contributed by atoms with E-state index in [1.165, 1.54) is 0 Å². The van der Waals surface area contributed by atoms with Gasteiger partial charge in [-0.15, -0.1) is 11.3 Å². The molecule has 160 valence electrons. The van der Waals surface area contributed by atoms with Crippen LogP contribution in [0.15, 0.2) is 78.2 Å². The molecule has 0 aliphatic heterocycles. The van der Waals surface area contributed by atoms with Crippen LogP contribution in [0.2, 0.25) is 0 Å². The summed E-state index contributed by atoms with van der Waals surface area (Å²) in [4.78, 5) is 29.5. The number of aryl methyl sites for hydroxylation is 2. The summed E-state index contributed by atoms with van der Waals surface area (Å²) in [6, 6.07) is 21.6. The van der Waals surface area contributed by atoms with Gasteiger partial charge in [-0.05, 0) is 55.8 Å². The van der Waals surface area contributed by atoms with E-state index in [9.17, 15) is 9.59 Å². The Bertz CT molecular complexity index is 1250. The summed E-state index contributed by atoms with van der Waals surface area (Å²) in [5, 5.41) is 11.4. The topological polar surface area (TPSA) is 83.1 Å². The maximum absolute atomic E-state index is 12.8. The average Bonchev–Trinajstić information content (AvgIpc) is 3.23. The largest absolute Gasteiger partial charge is 0.323 e. The van der Waals surface area contributed by atoms with Crippen LogP contribution in [0.1, 0.15) is 21.6 Å². The van der Waals surface area contributed by atoms with E-state index in [0.717, 1.165) is 21.8 Å². The molecule has 0 bridgehead atoms. The van der Waals surface area contributed by atoms with Crippen molar-refractivity contribution in [2.24, 2.45) is 0 Å². The molecule has 3 amide bonds. The van der Waals surface area contributed by atoms with Crippen LogP contribution in [-0.4, -0.2) is 16.9 Å². The molecule has 7 heteroatoms. The quantitative estimate of drug-likeness (QED) is 0.338. The Kier molecular flexibility index (Phi) is 6.28. The number of amides is 3. The molecule has 32 heavy (non-hydrogen) atoms. The molecule has 4 rings (SSSR count). The fourth-order valence-electron chi connectivity index (χ4n) is 3.09. The highest BCUT2D eigenvalue weighted by Gasteiger charge is 2.11. The summed E-state index contributed by atoms with van der Waals surface area (Å²) in [7, 11) is 0. The Morgan fingerprint density at radius 2 is 1.53 bits per heavy atom. The van der Waals surface area contributed by atoms with Gasteiger partial charge in [0.2, 0.25) is 0 Å². The highest BCUT2D eigenvalue weighted by molar-refractivity contribution is 7.13. The number of thiazole rings is 1. The average molecular weight is 443 g/mol.